The van der Waals surface area contributed by atoms with Gasteiger partial charge in [0.2, 0.25) is 0 Å². The predicted octanol–water partition coefficient (Wildman–Crippen LogP) is 17.6. The summed E-state index contributed by atoms with van der Waals surface area (Å²) in [6, 6.07) is 0. The monoisotopic (exact) mass is 923 g/mol. The molecule has 0 aliphatic heterocycles. The molecule has 0 saturated heterocycles. The Morgan fingerprint density at radius 1 is 0.313 bits per heavy atom. The lowest BCUT2D eigenvalue weighted by molar-refractivity contribution is -0.167. The van der Waals surface area contributed by atoms with Crippen molar-refractivity contribution in [1.29, 1.82) is 0 Å². The van der Waals surface area contributed by atoms with Crippen LogP contribution >= 0.6 is 0 Å². The molecule has 0 spiro atoms. The van der Waals surface area contributed by atoms with Crippen LogP contribution in [0.15, 0.2) is 146 Å². The minimum Gasteiger partial charge on any atom is -0.462 e. The smallest absolute Gasteiger partial charge is 0.306 e. The average Bonchev–Trinajstić information content (AvgIpc) is 3.33. The van der Waals surface area contributed by atoms with Crippen LogP contribution < -0.4 is 0 Å². The molecule has 0 bridgehead atoms. The van der Waals surface area contributed by atoms with Crippen LogP contribution in [0.3, 0.4) is 0 Å². The van der Waals surface area contributed by atoms with Crippen molar-refractivity contribution in [3.05, 3.63) is 146 Å². The highest BCUT2D eigenvalue weighted by atomic mass is 16.6. The largest absolute Gasteiger partial charge is 0.462 e. The van der Waals surface area contributed by atoms with Crippen molar-refractivity contribution < 1.29 is 28.6 Å². The van der Waals surface area contributed by atoms with Gasteiger partial charge in [-0.2, -0.15) is 0 Å². The maximum absolute atomic E-state index is 12.8. The van der Waals surface area contributed by atoms with Crippen molar-refractivity contribution in [2.75, 3.05) is 13.2 Å². The minimum absolute atomic E-state index is 0.119. The number of hydrogen-bond acceptors (Lipinski definition) is 6. The minimum atomic E-state index is -0.823. The van der Waals surface area contributed by atoms with E-state index in [1.54, 1.807) is 0 Å². The zero-order chi connectivity index (χ0) is 48.6. The lowest BCUT2D eigenvalue weighted by atomic mass is 10.1. The molecular formula is C61H94O6. The molecule has 0 aliphatic rings. The Hall–Kier alpha value is -4.71. The van der Waals surface area contributed by atoms with Gasteiger partial charge in [-0.05, 0) is 83.5 Å². The number of hydrogen-bond donors (Lipinski definition) is 0. The molecule has 0 fully saturated rings. The van der Waals surface area contributed by atoms with Crippen LogP contribution in [0.4, 0.5) is 0 Å². The highest BCUT2D eigenvalue weighted by Crippen LogP contribution is 2.12. The van der Waals surface area contributed by atoms with Gasteiger partial charge in [0.05, 0.1) is 0 Å². The summed E-state index contributed by atoms with van der Waals surface area (Å²) < 4.78 is 16.7. The normalized spacial score (nSPS) is 13.3. The van der Waals surface area contributed by atoms with Gasteiger partial charge in [-0.15, -0.1) is 0 Å². The summed E-state index contributed by atoms with van der Waals surface area (Å²) in [5, 5.41) is 0. The molecule has 0 heterocycles. The lowest BCUT2D eigenvalue weighted by Gasteiger charge is -2.18. The van der Waals surface area contributed by atoms with E-state index in [-0.39, 0.29) is 37.5 Å². The van der Waals surface area contributed by atoms with E-state index in [1.807, 2.05) is 72.9 Å². The average molecular weight is 923 g/mol. The van der Waals surface area contributed by atoms with Crippen molar-refractivity contribution >= 4 is 17.9 Å². The Balaban J connectivity index is 4.57. The van der Waals surface area contributed by atoms with Gasteiger partial charge < -0.3 is 14.2 Å². The van der Waals surface area contributed by atoms with Gasteiger partial charge in [0.1, 0.15) is 13.2 Å². The SMILES string of the molecule is CC/C=C/C=C/C=C/C=C/CCCCCC(=O)OCC(COC(=O)CCCCCCC/C=C/C=C/C=C/C=C/C=C/CCC)OC(=O)CCCCCCC/C=C/C=C/C=C/CCCCCCC. The van der Waals surface area contributed by atoms with Gasteiger partial charge in [0.25, 0.3) is 0 Å². The summed E-state index contributed by atoms with van der Waals surface area (Å²) in [5.41, 5.74) is 0. The molecule has 374 valence electrons. The third-order valence-electron chi connectivity index (χ3n) is 10.6. The fourth-order valence-corrected chi connectivity index (χ4v) is 6.60. The first kappa shape index (κ1) is 62.3. The van der Waals surface area contributed by atoms with E-state index in [1.165, 1.54) is 38.5 Å². The second-order valence-electron chi connectivity index (χ2n) is 17.0. The van der Waals surface area contributed by atoms with Crippen LogP contribution in [0.5, 0.6) is 0 Å². The Morgan fingerprint density at radius 3 is 0.985 bits per heavy atom. The third-order valence-corrected chi connectivity index (χ3v) is 10.6. The highest BCUT2D eigenvalue weighted by Gasteiger charge is 2.19. The van der Waals surface area contributed by atoms with Crippen LogP contribution in [0.25, 0.3) is 0 Å². The van der Waals surface area contributed by atoms with E-state index in [9.17, 15) is 14.4 Å². The highest BCUT2D eigenvalue weighted by molar-refractivity contribution is 5.71. The summed E-state index contributed by atoms with van der Waals surface area (Å²) in [5.74, 6) is -1.01. The van der Waals surface area contributed by atoms with Crippen LogP contribution in [-0.4, -0.2) is 37.2 Å². The number of rotatable bonds is 45. The molecule has 0 rings (SSSR count). The first-order valence-electron chi connectivity index (χ1n) is 26.5. The zero-order valence-electron chi connectivity index (χ0n) is 42.6. The number of carbonyl (C=O) groups is 3. The number of ether oxygens (including phenoxy) is 3. The Labute approximate surface area is 410 Å². The lowest BCUT2D eigenvalue weighted by Crippen LogP contribution is -2.30. The Kier molecular flexibility index (Phi) is 50.1. The van der Waals surface area contributed by atoms with Crippen molar-refractivity contribution in [2.24, 2.45) is 0 Å². The topological polar surface area (TPSA) is 78.9 Å². The Bertz CT molecular complexity index is 1530. The first-order valence-corrected chi connectivity index (χ1v) is 26.5. The van der Waals surface area contributed by atoms with E-state index in [0.29, 0.717) is 12.8 Å². The fourth-order valence-electron chi connectivity index (χ4n) is 6.60. The van der Waals surface area contributed by atoms with Gasteiger partial charge in [-0.25, -0.2) is 0 Å². The van der Waals surface area contributed by atoms with Crippen molar-refractivity contribution in [3.63, 3.8) is 0 Å². The standard InChI is InChI=1S/C61H94O6/c1-4-7-10-13-16-19-22-25-27-29-31-33-36-39-42-45-48-51-54-60(63)66-57-58(56-65-59(62)53-50-47-44-41-38-35-24-21-18-15-12-9-6-3)67-61(64)55-52-49-46-43-40-37-34-32-30-28-26-23-20-17-14-11-8-5-2/h9-10,12-13,15-16,18-19,21-35,38,58H,4-8,11,14,17,20,36-37,39-57H2,1-3H3/b12-9+,13-10+,18-15+,19-16+,24-21+,25-22+,26-23+,29-27+,30-28+,33-31+,34-32+,38-35+. The maximum atomic E-state index is 12.8. The number of unbranched alkanes of at least 4 members (excludes halogenated alkanes) is 19. The van der Waals surface area contributed by atoms with E-state index >= 15 is 0 Å². The van der Waals surface area contributed by atoms with E-state index in [4.69, 9.17) is 14.2 Å². The van der Waals surface area contributed by atoms with E-state index in [0.717, 1.165) is 122 Å². The second-order valence-corrected chi connectivity index (χ2v) is 17.0. The van der Waals surface area contributed by atoms with Crippen LogP contribution in [0.2, 0.25) is 0 Å². The molecule has 1 atom stereocenters. The summed E-state index contributed by atoms with van der Waals surface area (Å²) in [6.07, 6.45) is 76.8. The molecule has 0 aromatic carbocycles. The fraction of sp³-hybridized carbons (Fsp3) is 0.557. The molecule has 0 aliphatic carbocycles. The molecule has 0 aromatic heterocycles. The summed E-state index contributed by atoms with van der Waals surface area (Å²) >= 11 is 0. The summed E-state index contributed by atoms with van der Waals surface area (Å²) in [7, 11) is 0. The van der Waals surface area contributed by atoms with E-state index in [2.05, 4.69) is 93.7 Å². The van der Waals surface area contributed by atoms with Gasteiger partial charge in [-0.1, -0.05) is 244 Å². The Morgan fingerprint density at radius 2 is 0.612 bits per heavy atom. The van der Waals surface area contributed by atoms with Gasteiger partial charge in [0, 0.05) is 19.3 Å². The van der Waals surface area contributed by atoms with Crippen molar-refractivity contribution in [2.45, 2.75) is 207 Å². The summed E-state index contributed by atoms with van der Waals surface area (Å²) in [6.45, 7) is 6.29. The molecule has 1 unspecified atom stereocenters. The molecule has 0 amide bonds. The number of esters is 3. The van der Waals surface area contributed by atoms with Crippen LogP contribution in [0.1, 0.15) is 201 Å². The first-order chi connectivity index (χ1) is 33.0. The van der Waals surface area contributed by atoms with Crippen molar-refractivity contribution in [3.8, 4) is 0 Å². The summed E-state index contributed by atoms with van der Waals surface area (Å²) in [4.78, 5) is 38.0. The molecule has 0 aromatic rings. The quantitative estimate of drug-likeness (QED) is 0.0262. The van der Waals surface area contributed by atoms with Gasteiger partial charge in [-0.3, -0.25) is 14.4 Å². The third kappa shape index (κ3) is 52.1. The number of allylic oxidation sites excluding steroid dienone is 24. The van der Waals surface area contributed by atoms with E-state index < -0.39 is 6.10 Å². The van der Waals surface area contributed by atoms with Crippen molar-refractivity contribution in [1.82, 2.24) is 0 Å². The molecule has 67 heavy (non-hydrogen) atoms. The van der Waals surface area contributed by atoms with Gasteiger partial charge in [0.15, 0.2) is 6.10 Å². The van der Waals surface area contributed by atoms with Gasteiger partial charge >= 0.3 is 17.9 Å². The molecule has 0 radical (unpaired) electrons. The predicted molar refractivity (Wildman–Crippen MR) is 288 cm³/mol. The zero-order valence-corrected chi connectivity index (χ0v) is 42.6. The maximum Gasteiger partial charge on any atom is 0.306 e. The molecular weight excluding hydrogens is 829 g/mol. The molecule has 6 nitrogen and oxygen atoms in total. The second kappa shape index (κ2) is 53.9. The number of carbonyl (C=O) groups excluding carboxylic acids is 3. The van der Waals surface area contributed by atoms with Crippen LogP contribution in [0, 0.1) is 0 Å². The molecule has 0 N–H and O–H groups in total. The molecule has 0 saturated carbocycles. The van der Waals surface area contributed by atoms with Crippen LogP contribution in [-0.2, 0) is 28.6 Å². The molecule has 6 heteroatoms.